The number of benzene rings is 1. The highest BCUT2D eigenvalue weighted by Gasteiger charge is 2.22. The van der Waals surface area contributed by atoms with Crippen LogP contribution < -0.4 is 21.1 Å². The number of aryl methyl sites for hydroxylation is 1. The van der Waals surface area contributed by atoms with E-state index in [1.54, 1.807) is 0 Å². The normalized spacial score (nSPS) is 13.4. The molecule has 31 heavy (non-hydrogen) atoms. The molecule has 4 aromatic rings. The molecular weight excluding hydrogens is 412 g/mol. The minimum atomic E-state index is 0.131. The van der Waals surface area contributed by atoms with E-state index in [0.717, 1.165) is 38.4 Å². The van der Waals surface area contributed by atoms with Gasteiger partial charge in [-0.1, -0.05) is 11.3 Å². The lowest BCUT2D eigenvalue weighted by Gasteiger charge is -2.22. The number of anilines is 3. The van der Waals surface area contributed by atoms with E-state index in [0.29, 0.717) is 36.2 Å². The van der Waals surface area contributed by atoms with E-state index >= 15 is 0 Å². The van der Waals surface area contributed by atoms with Crippen LogP contribution in [0.15, 0.2) is 30.6 Å². The van der Waals surface area contributed by atoms with Crippen LogP contribution in [0.4, 0.5) is 16.9 Å². The quantitative estimate of drug-likeness (QED) is 0.491. The molecule has 0 spiro atoms. The Balaban J connectivity index is 1.57. The minimum absolute atomic E-state index is 0.131. The van der Waals surface area contributed by atoms with Gasteiger partial charge in [0.25, 0.3) is 0 Å². The summed E-state index contributed by atoms with van der Waals surface area (Å²) in [5.41, 5.74) is 16.7. The van der Waals surface area contributed by atoms with E-state index in [4.69, 9.17) is 16.2 Å². The number of fused-ring (bicyclic) bond motifs is 2. The summed E-state index contributed by atoms with van der Waals surface area (Å²) in [4.78, 5) is 19.9. The third kappa shape index (κ3) is 3.45. The summed E-state index contributed by atoms with van der Waals surface area (Å²) >= 11 is 1.37. The summed E-state index contributed by atoms with van der Waals surface area (Å²) in [5.74, 6) is 1.49. The topological polar surface area (TPSA) is 140 Å². The molecule has 0 saturated heterocycles. The lowest BCUT2D eigenvalue weighted by molar-refractivity contribution is 0.329. The van der Waals surface area contributed by atoms with Crippen molar-refractivity contribution >= 4 is 38.6 Å². The van der Waals surface area contributed by atoms with Crippen LogP contribution in [0.3, 0.4) is 0 Å². The maximum atomic E-state index is 9.48. The molecule has 3 aromatic heterocycles. The molecule has 5 rings (SSSR count). The van der Waals surface area contributed by atoms with Crippen molar-refractivity contribution in [1.29, 1.82) is 5.26 Å². The number of nitrogen functional groups attached to an aromatic ring is 2. The van der Waals surface area contributed by atoms with Gasteiger partial charge in [-0.3, -0.25) is 0 Å². The first kappa shape index (κ1) is 19.0. The molecule has 154 valence electrons. The standard InChI is InChI=1S/C21H18N8OS/c1-11-4-12(13-6-16-19(25-8-13)31-21(24)27-16)5-14-10-29(2-3-30-17(11)14)18-15(7-22)9-26-20(23)28-18/h4-6,8-9H,2-3,10H2,1H3,(H2,24,27)(H2,23,26,28). The second-order valence-electron chi connectivity index (χ2n) is 7.23. The molecule has 0 radical (unpaired) electrons. The summed E-state index contributed by atoms with van der Waals surface area (Å²) in [5, 5.41) is 9.98. The molecule has 0 atom stereocenters. The van der Waals surface area contributed by atoms with Crippen LogP contribution in [-0.4, -0.2) is 33.1 Å². The summed E-state index contributed by atoms with van der Waals surface area (Å²) in [7, 11) is 0. The van der Waals surface area contributed by atoms with Crippen LogP contribution in [0.5, 0.6) is 5.75 Å². The molecule has 0 fully saturated rings. The van der Waals surface area contributed by atoms with E-state index < -0.39 is 0 Å². The first-order chi connectivity index (χ1) is 15.0. The lowest BCUT2D eigenvalue weighted by Crippen LogP contribution is -2.27. The summed E-state index contributed by atoms with van der Waals surface area (Å²) in [6, 6.07) is 8.29. The Hall–Kier alpha value is -3.97. The van der Waals surface area contributed by atoms with Crippen molar-refractivity contribution in [3.8, 4) is 22.9 Å². The SMILES string of the molecule is Cc1cc(-c2cnc3sc(N)nc3c2)cc2c1OCCN(c1nc(N)ncc1C#N)C2. The van der Waals surface area contributed by atoms with Crippen molar-refractivity contribution in [2.24, 2.45) is 0 Å². The summed E-state index contributed by atoms with van der Waals surface area (Å²) in [6.07, 6.45) is 3.28. The highest BCUT2D eigenvalue weighted by Crippen LogP contribution is 2.35. The van der Waals surface area contributed by atoms with E-state index in [2.05, 4.69) is 38.1 Å². The Morgan fingerprint density at radius 3 is 2.84 bits per heavy atom. The number of hydrogen-bond donors (Lipinski definition) is 2. The molecule has 0 saturated carbocycles. The van der Waals surface area contributed by atoms with Gasteiger partial charge in [-0.25, -0.2) is 15.0 Å². The maximum absolute atomic E-state index is 9.48. The molecule has 0 unspecified atom stereocenters. The van der Waals surface area contributed by atoms with Crippen molar-refractivity contribution in [2.45, 2.75) is 13.5 Å². The van der Waals surface area contributed by atoms with Gasteiger partial charge in [0.2, 0.25) is 5.95 Å². The molecular formula is C21H18N8OS. The van der Waals surface area contributed by atoms with Gasteiger partial charge < -0.3 is 21.1 Å². The largest absolute Gasteiger partial charge is 0.491 e. The average molecular weight is 430 g/mol. The fourth-order valence-electron chi connectivity index (χ4n) is 3.76. The van der Waals surface area contributed by atoms with E-state index in [1.807, 2.05) is 24.1 Å². The van der Waals surface area contributed by atoms with Crippen molar-refractivity contribution in [3.05, 3.63) is 47.3 Å². The third-order valence-corrected chi connectivity index (χ3v) is 5.93. The number of nitrogens with two attached hydrogens (primary N) is 2. The van der Waals surface area contributed by atoms with E-state index in [-0.39, 0.29) is 5.95 Å². The van der Waals surface area contributed by atoms with Gasteiger partial charge >= 0.3 is 0 Å². The second kappa shape index (κ2) is 7.37. The number of nitriles is 1. The predicted molar refractivity (Wildman–Crippen MR) is 120 cm³/mol. The Labute approximate surface area is 182 Å². The Bertz CT molecular complexity index is 1360. The zero-order valence-corrected chi connectivity index (χ0v) is 17.5. The highest BCUT2D eigenvalue weighted by molar-refractivity contribution is 7.21. The number of thiazole rings is 1. The molecule has 10 heteroatoms. The van der Waals surface area contributed by atoms with Crippen LogP contribution in [-0.2, 0) is 6.54 Å². The first-order valence-corrected chi connectivity index (χ1v) is 10.4. The Kier molecular flexibility index (Phi) is 4.52. The molecule has 9 nitrogen and oxygen atoms in total. The van der Waals surface area contributed by atoms with Gasteiger partial charge in [-0.15, -0.1) is 0 Å². The first-order valence-electron chi connectivity index (χ1n) is 9.58. The van der Waals surface area contributed by atoms with Gasteiger partial charge in [0, 0.05) is 23.9 Å². The fourth-order valence-corrected chi connectivity index (χ4v) is 4.42. The van der Waals surface area contributed by atoms with Gasteiger partial charge in [0.1, 0.15) is 34.3 Å². The molecule has 1 aliphatic rings. The molecule has 4 N–H and O–H groups in total. The van der Waals surface area contributed by atoms with Crippen LogP contribution >= 0.6 is 11.3 Å². The fraction of sp³-hybridized carbons (Fsp3) is 0.190. The third-order valence-electron chi connectivity index (χ3n) is 5.13. The van der Waals surface area contributed by atoms with Crippen molar-refractivity contribution in [1.82, 2.24) is 19.9 Å². The van der Waals surface area contributed by atoms with Gasteiger partial charge in [0.15, 0.2) is 10.9 Å². The van der Waals surface area contributed by atoms with Crippen LogP contribution in [0.1, 0.15) is 16.7 Å². The monoisotopic (exact) mass is 430 g/mol. The number of rotatable bonds is 2. The summed E-state index contributed by atoms with van der Waals surface area (Å²) in [6.45, 7) is 3.58. The molecule has 0 bridgehead atoms. The van der Waals surface area contributed by atoms with Crippen molar-refractivity contribution in [2.75, 3.05) is 29.5 Å². The van der Waals surface area contributed by atoms with Gasteiger partial charge in [-0.05, 0) is 36.2 Å². The smallest absolute Gasteiger partial charge is 0.222 e. The number of pyridine rings is 1. The second-order valence-corrected chi connectivity index (χ2v) is 8.24. The predicted octanol–water partition coefficient (Wildman–Crippen LogP) is 2.89. The highest BCUT2D eigenvalue weighted by atomic mass is 32.1. The molecule has 4 heterocycles. The average Bonchev–Trinajstić information content (AvgIpc) is 2.99. The molecule has 0 amide bonds. The van der Waals surface area contributed by atoms with E-state index in [9.17, 15) is 5.26 Å². The lowest BCUT2D eigenvalue weighted by atomic mass is 9.99. The van der Waals surface area contributed by atoms with Crippen LogP contribution in [0.25, 0.3) is 21.5 Å². The van der Waals surface area contributed by atoms with Gasteiger partial charge in [-0.2, -0.15) is 10.2 Å². The van der Waals surface area contributed by atoms with Crippen molar-refractivity contribution in [3.63, 3.8) is 0 Å². The van der Waals surface area contributed by atoms with Crippen molar-refractivity contribution < 1.29 is 4.74 Å². The number of hydrogen-bond acceptors (Lipinski definition) is 10. The minimum Gasteiger partial charge on any atom is -0.491 e. The van der Waals surface area contributed by atoms with E-state index in [1.165, 1.54) is 17.5 Å². The molecule has 1 aliphatic heterocycles. The summed E-state index contributed by atoms with van der Waals surface area (Å²) < 4.78 is 6.06. The maximum Gasteiger partial charge on any atom is 0.222 e. The number of nitrogens with zero attached hydrogens (tertiary/aromatic N) is 6. The Morgan fingerprint density at radius 2 is 2.00 bits per heavy atom. The van der Waals surface area contributed by atoms with Gasteiger partial charge in [0.05, 0.1) is 12.7 Å². The number of aromatic nitrogens is 4. The zero-order chi connectivity index (χ0) is 21.5. The Morgan fingerprint density at radius 1 is 1.13 bits per heavy atom. The number of ether oxygens (including phenoxy) is 1. The molecule has 0 aliphatic carbocycles. The van der Waals surface area contributed by atoms with Crippen LogP contribution in [0, 0.1) is 18.3 Å². The van der Waals surface area contributed by atoms with Crippen LogP contribution in [0.2, 0.25) is 0 Å². The zero-order valence-electron chi connectivity index (χ0n) is 16.7. The molecule has 1 aromatic carbocycles.